The number of thioether (sulfide) groups is 1. The summed E-state index contributed by atoms with van der Waals surface area (Å²) in [5.74, 6) is 1.07. The molecule has 0 aliphatic rings. The van der Waals surface area contributed by atoms with Gasteiger partial charge in [0.05, 0.1) is 43.5 Å². The summed E-state index contributed by atoms with van der Waals surface area (Å²) in [5.41, 5.74) is 1.79. The maximum Gasteiger partial charge on any atom is 0.337 e. The van der Waals surface area contributed by atoms with Crippen LogP contribution >= 0.6 is 11.8 Å². The molecule has 0 saturated heterocycles. The summed E-state index contributed by atoms with van der Waals surface area (Å²) >= 11 is 1.32. The summed E-state index contributed by atoms with van der Waals surface area (Å²) in [7, 11) is 2.86. The van der Waals surface area contributed by atoms with Crippen molar-refractivity contribution in [1.82, 2.24) is 9.55 Å². The van der Waals surface area contributed by atoms with Crippen molar-refractivity contribution >= 4 is 34.4 Å². The van der Waals surface area contributed by atoms with Crippen LogP contribution in [-0.4, -0.2) is 35.5 Å². The summed E-state index contributed by atoms with van der Waals surface area (Å²) in [5, 5.41) is 0.811. The quantitative estimate of drug-likeness (QED) is 0.160. The average molecular weight is 479 g/mol. The standard InChI is InChI=1S/C25H22N2O6S/c1-15(28)16-7-9-22(31-2)18(11-16)14-34-25-26-21-12-17(24(30)32-3)6-8-20(21)23(29)27(25)13-19-5-4-10-33-19/h4-12H,13-14H2,1-3H3. The van der Waals surface area contributed by atoms with E-state index in [2.05, 4.69) is 0 Å². The second-order valence-corrected chi connectivity index (χ2v) is 8.40. The van der Waals surface area contributed by atoms with Gasteiger partial charge in [-0.3, -0.25) is 14.2 Å². The maximum atomic E-state index is 13.4. The lowest BCUT2D eigenvalue weighted by Gasteiger charge is -2.14. The van der Waals surface area contributed by atoms with Gasteiger partial charge in [-0.05, 0) is 55.5 Å². The third kappa shape index (κ3) is 4.74. The number of hydrogen-bond donors (Lipinski definition) is 0. The first-order valence-corrected chi connectivity index (χ1v) is 11.4. The van der Waals surface area contributed by atoms with Crippen LogP contribution in [-0.2, 0) is 17.0 Å². The number of fused-ring (bicyclic) bond motifs is 1. The van der Waals surface area contributed by atoms with E-state index >= 15 is 0 Å². The van der Waals surface area contributed by atoms with E-state index in [-0.39, 0.29) is 17.9 Å². The SMILES string of the molecule is COC(=O)c1ccc2c(=O)n(Cc3ccco3)c(SCc3cc(C(C)=O)ccc3OC)nc2c1. The lowest BCUT2D eigenvalue weighted by atomic mass is 10.1. The van der Waals surface area contributed by atoms with Gasteiger partial charge in [0.2, 0.25) is 0 Å². The number of hydrogen-bond acceptors (Lipinski definition) is 8. The van der Waals surface area contributed by atoms with Crippen LogP contribution < -0.4 is 10.3 Å². The van der Waals surface area contributed by atoms with E-state index in [1.807, 2.05) is 0 Å². The molecule has 8 nitrogen and oxygen atoms in total. The van der Waals surface area contributed by atoms with Gasteiger partial charge in [0.1, 0.15) is 11.5 Å². The molecule has 2 aromatic heterocycles. The zero-order chi connectivity index (χ0) is 24.2. The average Bonchev–Trinajstić information content (AvgIpc) is 3.36. The highest BCUT2D eigenvalue weighted by Gasteiger charge is 2.17. The number of ketones is 1. The fourth-order valence-electron chi connectivity index (χ4n) is 3.51. The fourth-order valence-corrected chi connectivity index (χ4v) is 4.48. The predicted octanol–water partition coefficient (Wildman–Crippen LogP) is 4.33. The zero-order valence-electron chi connectivity index (χ0n) is 18.9. The first-order chi connectivity index (χ1) is 16.4. The van der Waals surface area contributed by atoms with Crippen molar-refractivity contribution in [3.05, 3.63) is 87.6 Å². The Morgan fingerprint density at radius 1 is 1.09 bits per heavy atom. The van der Waals surface area contributed by atoms with Crippen molar-refractivity contribution in [3.63, 3.8) is 0 Å². The van der Waals surface area contributed by atoms with Gasteiger partial charge in [-0.15, -0.1) is 0 Å². The minimum absolute atomic E-state index is 0.0530. The number of rotatable bonds is 8. The van der Waals surface area contributed by atoms with Gasteiger partial charge in [-0.1, -0.05) is 11.8 Å². The number of ether oxygens (including phenoxy) is 2. The van der Waals surface area contributed by atoms with Crippen LogP contribution in [0.25, 0.3) is 10.9 Å². The molecule has 0 N–H and O–H groups in total. The Morgan fingerprint density at radius 2 is 1.88 bits per heavy atom. The number of aromatic nitrogens is 2. The molecular formula is C25H22N2O6S. The molecular weight excluding hydrogens is 456 g/mol. The molecule has 0 bridgehead atoms. The van der Waals surface area contributed by atoms with E-state index in [1.165, 1.54) is 30.4 Å². The van der Waals surface area contributed by atoms with Gasteiger partial charge < -0.3 is 13.9 Å². The topological polar surface area (TPSA) is 101 Å². The lowest BCUT2D eigenvalue weighted by molar-refractivity contribution is 0.0600. The molecule has 0 aliphatic carbocycles. The number of Topliss-reactive ketones (excluding diaryl/α,β-unsaturated/α-hetero) is 1. The molecule has 0 radical (unpaired) electrons. The number of nitrogens with zero attached hydrogens (tertiary/aromatic N) is 2. The van der Waals surface area contributed by atoms with Crippen LogP contribution in [0.2, 0.25) is 0 Å². The van der Waals surface area contributed by atoms with E-state index in [0.717, 1.165) is 5.56 Å². The maximum absolute atomic E-state index is 13.4. The first-order valence-electron chi connectivity index (χ1n) is 10.4. The molecule has 2 aromatic carbocycles. The Labute approximate surface area is 199 Å². The summed E-state index contributed by atoms with van der Waals surface area (Å²) in [6.45, 7) is 1.70. The van der Waals surface area contributed by atoms with Crippen molar-refractivity contribution in [1.29, 1.82) is 0 Å². The molecule has 0 saturated carbocycles. The molecule has 2 heterocycles. The van der Waals surface area contributed by atoms with E-state index in [0.29, 0.717) is 44.4 Å². The Balaban J connectivity index is 1.79. The lowest BCUT2D eigenvalue weighted by Crippen LogP contribution is -2.24. The van der Waals surface area contributed by atoms with Crippen LogP contribution in [0, 0.1) is 0 Å². The molecule has 0 fully saturated rings. The van der Waals surface area contributed by atoms with Gasteiger partial charge in [-0.2, -0.15) is 0 Å². The summed E-state index contributed by atoms with van der Waals surface area (Å²) in [4.78, 5) is 41.9. The summed E-state index contributed by atoms with van der Waals surface area (Å²) < 4.78 is 17.2. The van der Waals surface area contributed by atoms with Crippen LogP contribution in [0.5, 0.6) is 5.75 Å². The first kappa shape index (κ1) is 23.3. The number of carbonyl (C=O) groups is 2. The molecule has 174 valence electrons. The summed E-state index contributed by atoms with van der Waals surface area (Å²) in [6, 6.07) is 13.4. The molecule has 0 atom stereocenters. The van der Waals surface area contributed by atoms with E-state index in [1.54, 1.807) is 61.9 Å². The number of esters is 1. The molecule has 9 heteroatoms. The van der Waals surface area contributed by atoms with Crippen LogP contribution in [0.1, 0.15) is 39.0 Å². The fraction of sp³-hybridized carbons (Fsp3) is 0.200. The Bertz CT molecular complexity index is 1430. The van der Waals surface area contributed by atoms with Crippen LogP contribution in [0.15, 0.2) is 69.2 Å². The van der Waals surface area contributed by atoms with E-state index in [4.69, 9.17) is 18.9 Å². The second-order valence-electron chi connectivity index (χ2n) is 7.46. The molecule has 34 heavy (non-hydrogen) atoms. The van der Waals surface area contributed by atoms with Crippen LogP contribution in [0.4, 0.5) is 0 Å². The predicted molar refractivity (Wildman–Crippen MR) is 128 cm³/mol. The molecule has 0 spiro atoms. The molecule has 0 aliphatic heterocycles. The van der Waals surface area contributed by atoms with Gasteiger partial charge in [0.15, 0.2) is 10.9 Å². The van der Waals surface area contributed by atoms with Crippen LogP contribution in [0.3, 0.4) is 0 Å². The number of carbonyl (C=O) groups excluding carboxylic acids is 2. The Morgan fingerprint density at radius 3 is 2.56 bits per heavy atom. The second kappa shape index (κ2) is 9.96. The van der Waals surface area contributed by atoms with Crippen molar-refractivity contribution in [2.24, 2.45) is 0 Å². The smallest absolute Gasteiger partial charge is 0.337 e. The highest BCUT2D eigenvalue weighted by atomic mass is 32.2. The van der Waals surface area contributed by atoms with Crippen molar-refractivity contribution in [3.8, 4) is 5.75 Å². The largest absolute Gasteiger partial charge is 0.496 e. The van der Waals surface area contributed by atoms with E-state index in [9.17, 15) is 14.4 Å². The molecule has 4 aromatic rings. The van der Waals surface area contributed by atoms with Crippen molar-refractivity contribution < 1.29 is 23.5 Å². The highest BCUT2D eigenvalue weighted by molar-refractivity contribution is 7.98. The minimum atomic E-state index is -0.511. The summed E-state index contributed by atoms with van der Waals surface area (Å²) in [6.07, 6.45) is 1.54. The minimum Gasteiger partial charge on any atom is -0.496 e. The third-order valence-corrected chi connectivity index (χ3v) is 6.30. The highest BCUT2D eigenvalue weighted by Crippen LogP contribution is 2.29. The van der Waals surface area contributed by atoms with Crippen molar-refractivity contribution in [2.75, 3.05) is 14.2 Å². The van der Waals surface area contributed by atoms with Gasteiger partial charge in [0.25, 0.3) is 5.56 Å². The number of furan rings is 1. The normalized spacial score (nSPS) is 10.9. The van der Waals surface area contributed by atoms with Gasteiger partial charge >= 0.3 is 5.97 Å². The van der Waals surface area contributed by atoms with Gasteiger partial charge in [0, 0.05) is 16.9 Å². The monoisotopic (exact) mass is 478 g/mol. The Kier molecular flexibility index (Phi) is 6.83. The number of benzene rings is 2. The molecule has 0 amide bonds. The van der Waals surface area contributed by atoms with E-state index < -0.39 is 5.97 Å². The molecule has 4 rings (SSSR count). The zero-order valence-corrected chi connectivity index (χ0v) is 19.7. The third-order valence-electron chi connectivity index (χ3n) is 5.28. The van der Waals surface area contributed by atoms with Crippen molar-refractivity contribution in [2.45, 2.75) is 24.4 Å². The van der Waals surface area contributed by atoms with Gasteiger partial charge in [-0.25, -0.2) is 9.78 Å². The number of methoxy groups -OCH3 is 2. The Hall–Kier alpha value is -3.85. The molecule has 0 unspecified atom stereocenters.